The molecule has 140 valence electrons. The number of hydrogen-bond acceptors (Lipinski definition) is 3. The maximum absolute atomic E-state index is 13.9. The zero-order valence-electron chi connectivity index (χ0n) is 14.1. The largest absolute Gasteiger partial charge is 0.481 e. The quantitative estimate of drug-likeness (QED) is 0.854. The van der Waals surface area contributed by atoms with Crippen LogP contribution in [-0.4, -0.2) is 35.5 Å². The maximum Gasteiger partial charge on any atom is 0.306 e. The highest BCUT2D eigenvalue weighted by Gasteiger charge is 2.37. The number of benzene rings is 1. The van der Waals surface area contributed by atoms with Crippen LogP contribution in [0.3, 0.4) is 0 Å². The number of carbonyl (C=O) groups excluding carboxylic acids is 2. The van der Waals surface area contributed by atoms with Gasteiger partial charge in [0, 0.05) is 25.1 Å². The fourth-order valence-electron chi connectivity index (χ4n) is 3.62. The number of carbonyl (C=O) groups is 3. The van der Waals surface area contributed by atoms with E-state index >= 15 is 0 Å². The summed E-state index contributed by atoms with van der Waals surface area (Å²) in [6, 6.07) is 2.86. The van der Waals surface area contributed by atoms with Crippen molar-refractivity contribution in [1.29, 1.82) is 0 Å². The minimum absolute atomic E-state index is 0.0336. The molecule has 1 atom stereocenters. The number of carboxylic acids is 1. The smallest absolute Gasteiger partial charge is 0.306 e. The van der Waals surface area contributed by atoms with Gasteiger partial charge in [0.25, 0.3) is 0 Å². The first-order valence-corrected chi connectivity index (χ1v) is 8.63. The molecule has 6 nitrogen and oxygen atoms in total. The van der Waals surface area contributed by atoms with E-state index in [2.05, 4.69) is 5.32 Å². The van der Waals surface area contributed by atoms with Crippen LogP contribution in [0.15, 0.2) is 18.2 Å². The molecule has 0 unspecified atom stereocenters. The van der Waals surface area contributed by atoms with Gasteiger partial charge in [-0.2, -0.15) is 0 Å². The zero-order valence-corrected chi connectivity index (χ0v) is 14.1. The standard InChI is InChI=1S/C18H20F2N2O4/c19-12-3-6-15(14(20)8-12)22-9-11(7-16(22)23)17(24)21-13-4-1-10(2-5-13)18(25)26/h3,6,8,10-11,13H,1-2,4-5,7,9H2,(H,21,24)(H,25,26)/t10?,11-,13?/m0/s1. The minimum Gasteiger partial charge on any atom is -0.481 e. The monoisotopic (exact) mass is 366 g/mol. The molecule has 1 saturated heterocycles. The normalized spacial score (nSPS) is 26.0. The topological polar surface area (TPSA) is 86.7 Å². The molecule has 1 aliphatic carbocycles. The molecule has 3 rings (SSSR count). The summed E-state index contributed by atoms with van der Waals surface area (Å²) in [5.41, 5.74) is -0.0336. The second kappa shape index (κ2) is 7.39. The van der Waals surface area contributed by atoms with Crippen molar-refractivity contribution in [2.45, 2.75) is 38.1 Å². The summed E-state index contributed by atoms with van der Waals surface area (Å²) in [5.74, 6) is -4.03. The summed E-state index contributed by atoms with van der Waals surface area (Å²) >= 11 is 0. The van der Waals surface area contributed by atoms with E-state index in [1.807, 2.05) is 0 Å². The van der Waals surface area contributed by atoms with Crippen molar-refractivity contribution in [2.24, 2.45) is 11.8 Å². The summed E-state index contributed by atoms with van der Waals surface area (Å²) in [7, 11) is 0. The molecule has 2 N–H and O–H groups in total. The first kappa shape index (κ1) is 18.3. The van der Waals surface area contributed by atoms with Gasteiger partial charge in [0.15, 0.2) is 0 Å². The third kappa shape index (κ3) is 3.84. The number of rotatable bonds is 4. The molecule has 2 aliphatic rings. The van der Waals surface area contributed by atoms with Gasteiger partial charge in [-0.15, -0.1) is 0 Å². The van der Waals surface area contributed by atoms with E-state index in [9.17, 15) is 23.2 Å². The molecule has 1 aromatic carbocycles. The molecule has 0 spiro atoms. The third-order valence-electron chi connectivity index (χ3n) is 5.12. The summed E-state index contributed by atoms with van der Waals surface area (Å²) in [6.45, 7) is 0.0394. The third-order valence-corrected chi connectivity index (χ3v) is 5.12. The Morgan fingerprint density at radius 3 is 2.42 bits per heavy atom. The van der Waals surface area contributed by atoms with Crippen molar-refractivity contribution in [3.63, 3.8) is 0 Å². The molecule has 26 heavy (non-hydrogen) atoms. The van der Waals surface area contributed by atoms with E-state index in [4.69, 9.17) is 5.11 Å². The fourth-order valence-corrected chi connectivity index (χ4v) is 3.62. The van der Waals surface area contributed by atoms with Crippen LogP contribution in [0.4, 0.5) is 14.5 Å². The van der Waals surface area contributed by atoms with Gasteiger partial charge in [-0.05, 0) is 37.8 Å². The predicted molar refractivity (Wildman–Crippen MR) is 88.3 cm³/mol. The van der Waals surface area contributed by atoms with E-state index in [0.717, 1.165) is 6.07 Å². The summed E-state index contributed by atoms with van der Waals surface area (Å²) in [4.78, 5) is 36.7. The maximum atomic E-state index is 13.9. The molecule has 1 saturated carbocycles. The first-order chi connectivity index (χ1) is 12.3. The second-order valence-corrected chi connectivity index (χ2v) is 6.90. The van der Waals surface area contributed by atoms with Gasteiger partial charge in [0.2, 0.25) is 11.8 Å². The molecular formula is C18H20F2N2O4. The van der Waals surface area contributed by atoms with Crippen LogP contribution < -0.4 is 10.2 Å². The van der Waals surface area contributed by atoms with E-state index in [1.54, 1.807) is 0 Å². The van der Waals surface area contributed by atoms with Crippen LogP contribution in [0.25, 0.3) is 0 Å². The number of halogens is 2. The SMILES string of the molecule is O=C(O)C1CCC(NC(=O)[C@H]2CC(=O)N(c3ccc(F)cc3F)C2)CC1. The Kier molecular flexibility index (Phi) is 5.20. The molecule has 0 aromatic heterocycles. The van der Waals surface area contributed by atoms with Gasteiger partial charge in [-0.25, -0.2) is 8.78 Å². The lowest BCUT2D eigenvalue weighted by Gasteiger charge is -2.27. The van der Waals surface area contributed by atoms with Crippen molar-refractivity contribution in [3.8, 4) is 0 Å². The molecule has 1 heterocycles. The molecule has 2 fully saturated rings. The molecular weight excluding hydrogens is 346 g/mol. The Balaban J connectivity index is 1.58. The predicted octanol–water partition coefficient (Wildman–Crippen LogP) is 2.08. The highest BCUT2D eigenvalue weighted by atomic mass is 19.1. The lowest BCUT2D eigenvalue weighted by Crippen LogP contribution is -2.42. The van der Waals surface area contributed by atoms with Gasteiger partial charge < -0.3 is 15.3 Å². The number of nitrogens with one attached hydrogen (secondary N) is 1. The molecule has 1 aromatic rings. The van der Waals surface area contributed by atoms with Gasteiger partial charge in [0.05, 0.1) is 17.5 Å². The second-order valence-electron chi connectivity index (χ2n) is 6.90. The molecule has 8 heteroatoms. The van der Waals surface area contributed by atoms with Crippen molar-refractivity contribution in [2.75, 3.05) is 11.4 Å². The lowest BCUT2D eigenvalue weighted by atomic mass is 9.86. The molecule has 1 aliphatic heterocycles. The Hall–Kier alpha value is -2.51. The number of nitrogens with zero attached hydrogens (tertiary/aromatic N) is 1. The van der Waals surface area contributed by atoms with Crippen LogP contribution in [0.1, 0.15) is 32.1 Å². The Bertz CT molecular complexity index is 732. The van der Waals surface area contributed by atoms with Gasteiger partial charge in [-0.1, -0.05) is 0 Å². The number of carboxylic acid groups (broad SMARTS) is 1. The Morgan fingerprint density at radius 2 is 1.81 bits per heavy atom. The van der Waals surface area contributed by atoms with Crippen LogP contribution in [0, 0.1) is 23.5 Å². The summed E-state index contributed by atoms with van der Waals surface area (Å²) in [5, 5.41) is 11.9. The van der Waals surface area contributed by atoms with Crippen molar-refractivity contribution in [3.05, 3.63) is 29.8 Å². The average molecular weight is 366 g/mol. The summed E-state index contributed by atoms with van der Waals surface area (Å²) < 4.78 is 26.9. The van der Waals surface area contributed by atoms with Crippen LogP contribution >= 0.6 is 0 Å². The first-order valence-electron chi connectivity index (χ1n) is 8.63. The van der Waals surface area contributed by atoms with E-state index < -0.39 is 23.5 Å². The lowest BCUT2D eigenvalue weighted by molar-refractivity contribution is -0.142. The molecule has 2 amide bonds. The van der Waals surface area contributed by atoms with Crippen molar-refractivity contribution < 1.29 is 28.3 Å². The highest BCUT2D eigenvalue weighted by Crippen LogP contribution is 2.29. The van der Waals surface area contributed by atoms with Gasteiger partial charge in [-0.3, -0.25) is 14.4 Å². The number of aliphatic carboxylic acids is 1. The average Bonchev–Trinajstić information content (AvgIpc) is 2.97. The highest BCUT2D eigenvalue weighted by molar-refractivity contribution is 6.00. The van der Waals surface area contributed by atoms with Crippen LogP contribution in [0.2, 0.25) is 0 Å². The van der Waals surface area contributed by atoms with E-state index in [-0.39, 0.29) is 42.4 Å². The van der Waals surface area contributed by atoms with Crippen LogP contribution in [0.5, 0.6) is 0 Å². The number of anilines is 1. The number of hydrogen-bond donors (Lipinski definition) is 2. The van der Waals surface area contributed by atoms with Gasteiger partial charge in [0.1, 0.15) is 11.6 Å². The number of amides is 2. The zero-order chi connectivity index (χ0) is 18.8. The van der Waals surface area contributed by atoms with Crippen molar-refractivity contribution in [1.82, 2.24) is 5.32 Å². The Labute approximate surface area is 149 Å². The van der Waals surface area contributed by atoms with Crippen molar-refractivity contribution >= 4 is 23.5 Å². The van der Waals surface area contributed by atoms with E-state index in [1.165, 1.54) is 11.0 Å². The Morgan fingerprint density at radius 1 is 1.12 bits per heavy atom. The van der Waals surface area contributed by atoms with Crippen LogP contribution in [-0.2, 0) is 14.4 Å². The van der Waals surface area contributed by atoms with E-state index in [0.29, 0.717) is 31.7 Å². The minimum atomic E-state index is -0.841. The van der Waals surface area contributed by atoms with Gasteiger partial charge >= 0.3 is 5.97 Å². The molecule has 0 bridgehead atoms. The summed E-state index contributed by atoms with van der Waals surface area (Å²) in [6.07, 6.45) is 2.15. The molecule has 0 radical (unpaired) electrons. The fraction of sp³-hybridized carbons (Fsp3) is 0.500.